The Morgan fingerprint density at radius 2 is 1.78 bits per heavy atom. The van der Waals surface area contributed by atoms with Crippen LogP contribution in [0.1, 0.15) is 6.92 Å². The maximum absolute atomic E-state index is 12.3. The number of nitrogens with zero attached hydrogens (tertiary/aromatic N) is 2. The third-order valence-corrected chi connectivity index (χ3v) is 5.60. The summed E-state index contributed by atoms with van der Waals surface area (Å²) in [6, 6.07) is 6.51. The highest BCUT2D eigenvalue weighted by Gasteiger charge is 2.30. The molecular formula is C14H20ClN3O4S. The molecule has 7 nitrogen and oxygen atoms in total. The number of carbonyl (C=O) groups excluding carboxylic acids is 1. The van der Waals surface area contributed by atoms with Crippen LogP contribution < -0.4 is 9.62 Å². The molecule has 2 rings (SSSR count). The zero-order valence-electron chi connectivity index (χ0n) is 13.0. The fourth-order valence-electron chi connectivity index (χ4n) is 2.36. The van der Waals surface area contributed by atoms with Gasteiger partial charge < -0.3 is 9.64 Å². The van der Waals surface area contributed by atoms with Crippen molar-refractivity contribution in [1.29, 1.82) is 0 Å². The molecule has 23 heavy (non-hydrogen) atoms. The van der Waals surface area contributed by atoms with Crippen molar-refractivity contribution in [2.24, 2.45) is 0 Å². The Morgan fingerprint density at radius 3 is 2.30 bits per heavy atom. The molecule has 0 saturated carbocycles. The van der Waals surface area contributed by atoms with Crippen molar-refractivity contribution in [3.63, 3.8) is 0 Å². The molecule has 0 bridgehead atoms. The van der Waals surface area contributed by atoms with E-state index in [1.807, 2.05) is 12.1 Å². The lowest BCUT2D eigenvalue weighted by molar-refractivity contribution is -0.142. The molecule has 1 fully saturated rings. The third kappa shape index (κ3) is 4.57. The third-order valence-electron chi connectivity index (χ3n) is 3.65. The van der Waals surface area contributed by atoms with Crippen LogP contribution in [0.2, 0.25) is 5.02 Å². The van der Waals surface area contributed by atoms with Gasteiger partial charge in [-0.1, -0.05) is 11.6 Å². The summed E-state index contributed by atoms with van der Waals surface area (Å²) in [6.07, 6.45) is 0. The van der Waals surface area contributed by atoms with E-state index >= 15 is 0 Å². The molecule has 1 aromatic carbocycles. The molecule has 1 aliphatic rings. The highest BCUT2D eigenvalue weighted by Crippen LogP contribution is 2.20. The fourth-order valence-corrected chi connectivity index (χ4v) is 3.82. The second-order valence-electron chi connectivity index (χ2n) is 5.23. The van der Waals surface area contributed by atoms with Gasteiger partial charge in [0.2, 0.25) is 0 Å². The molecule has 1 heterocycles. The number of methoxy groups -OCH3 is 1. The van der Waals surface area contributed by atoms with Crippen LogP contribution in [0.5, 0.6) is 0 Å². The van der Waals surface area contributed by atoms with Crippen molar-refractivity contribution in [2.45, 2.75) is 13.0 Å². The number of hydrogen-bond donors (Lipinski definition) is 1. The monoisotopic (exact) mass is 361 g/mol. The highest BCUT2D eigenvalue weighted by molar-refractivity contribution is 7.87. The molecule has 1 N–H and O–H groups in total. The number of hydrogen-bond acceptors (Lipinski definition) is 5. The standard InChI is InChI=1S/C14H20ClN3O4S/c1-11(14(19)22-2)16-23(20,21)18-9-7-17(8-10-18)13-5-3-12(15)4-6-13/h3-6,11,16H,7-10H2,1-2H3/t11-/m1/s1. The van der Waals surface area contributed by atoms with Crippen LogP contribution in [0, 0.1) is 0 Å². The highest BCUT2D eigenvalue weighted by atomic mass is 35.5. The van der Waals surface area contributed by atoms with Gasteiger partial charge in [-0.15, -0.1) is 0 Å². The summed E-state index contributed by atoms with van der Waals surface area (Å²) in [4.78, 5) is 13.4. The zero-order valence-corrected chi connectivity index (χ0v) is 14.6. The lowest BCUT2D eigenvalue weighted by Gasteiger charge is -2.35. The largest absolute Gasteiger partial charge is 0.468 e. The maximum Gasteiger partial charge on any atom is 0.323 e. The molecule has 1 saturated heterocycles. The molecule has 0 amide bonds. The van der Waals surface area contributed by atoms with Crippen LogP contribution in [0.3, 0.4) is 0 Å². The maximum atomic E-state index is 12.3. The Morgan fingerprint density at radius 1 is 1.22 bits per heavy atom. The molecule has 0 spiro atoms. The number of carbonyl (C=O) groups is 1. The summed E-state index contributed by atoms with van der Waals surface area (Å²) in [7, 11) is -2.50. The van der Waals surface area contributed by atoms with Crippen molar-refractivity contribution in [2.75, 3.05) is 38.2 Å². The van der Waals surface area contributed by atoms with Crippen molar-refractivity contribution in [3.8, 4) is 0 Å². The lowest BCUT2D eigenvalue weighted by atomic mass is 10.2. The average Bonchev–Trinajstić information content (AvgIpc) is 2.54. The number of halogens is 1. The van der Waals surface area contributed by atoms with Crippen LogP contribution >= 0.6 is 11.6 Å². The minimum atomic E-state index is -3.72. The van der Waals surface area contributed by atoms with Gasteiger partial charge in [0, 0.05) is 36.9 Å². The molecule has 0 radical (unpaired) electrons. The van der Waals surface area contributed by atoms with E-state index in [-0.39, 0.29) is 0 Å². The summed E-state index contributed by atoms with van der Waals surface area (Å²) in [5.41, 5.74) is 1.00. The van der Waals surface area contributed by atoms with E-state index in [0.717, 1.165) is 5.69 Å². The van der Waals surface area contributed by atoms with E-state index in [1.54, 1.807) is 12.1 Å². The topological polar surface area (TPSA) is 78.9 Å². The van der Waals surface area contributed by atoms with Crippen molar-refractivity contribution in [1.82, 2.24) is 9.03 Å². The summed E-state index contributed by atoms with van der Waals surface area (Å²) in [6.45, 7) is 3.26. The van der Waals surface area contributed by atoms with Gasteiger partial charge in [-0.3, -0.25) is 4.79 Å². The predicted molar refractivity (Wildman–Crippen MR) is 88.8 cm³/mol. The molecule has 128 valence electrons. The van der Waals surface area contributed by atoms with Gasteiger partial charge in [-0.2, -0.15) is 17.4 Å². The summed E-state index contributed by atoms with van der Waals surface area (Å²) in [5, 5.41) is 0.663. The number of ether oxygens (including phenoxy) is 1. The van der Waals surface area contributed by atoms with Gasteiger partial charge in [-0.25, -0.2) is 0 Å². The second kappa shape index (κ2) is 7.48. The van der Waals surface area contributed by atoms with Crippen LogP contribution in [0.15, 0.2) is 24.3 Å². The quantitative estimate of drug-likeness (QED) is 0.787. The van der Waals surface area contributed by atoms with E-state index in [2.05, 4.69) is 14.4 Å². The first kappa shape index (κ1) is 18.0. The summed E-state index contributed by atoms with van der Waals surface area (Å²) < 4.78 is 32.7. The second-order valence-corrected chi connectivity index (χ2v) is 7.37. The Labute approximate surface area is 141 Å². The van der Waals surface area contributed by atoms with Gasteiger partial charge in [0.15, 0.2) is 0 Å². The van der Waals surface area contributed by atoms with Crippen LogP contribution in [-0.2, 0) is 19.7 Å². The van der Waals surface area contributed by atoms with E-state index in [0.29, 0.717) is 31.2 Å². The van der Waals surface area contributed by atoms with Gasteiger partial charge in [0.1, 0.15) is 6.04 Å². The molecule has 1 aliphatic heterocycles. The molecule has 0 unspecified atom stereocenters. The number of rotatable bonds is 5. The average molecular weight is 362 g/mol. The number of benzene rings is 1. The van der Waals surface area contributed by atoms with Crippen LogP contribution in [0.25, 0.3) is 0 Å². The number of esters is 1. The normalized spacial score (nSPS) is 17.8. The molecule has 9 heteroatoms. The van der Waals surface area contributed by atoms with Gasteiger partial charge in [-0.05, 0) is 31.2 Å². The van der Waals surface area contributed by atoms with E-state index in [4.69, 9.17) is 11.6 Å². The molecule has 0 aromatic heterocycles. The molecule has 1 atom stereocenters. The molecule has 0 aliphatic carbocycles. The first-order valence-corrected chi connectivity index (χ1v) is 9.01. The number of anilines is 1. The van der Waals surface area contributed by atoms with Gasteiger partial charge >= 0.3 is 5.97 Å². The minimum Gasteiger partial charge on any atom is -0.468 e. The zero-order chi connectivity index (χ0) is 17.0. The predicted octanol–water partition coefficient (Wildman–Crippen LogP) is 0.858. The first-order valence-electron chi connectivity index (χ1n) is 7.19. The number of nitrogens with one attached hydrogen (secondary N) is 1. The van der Waals surface area contributed by atoms with Crippen molar-refractivity contribution < 1.29 is 17.9 Å². The first-order chi connectivity index (χ1) is 10.8. The summed E-state index contributed by atoms with van der Waals surface area (Å²) >= 11 is 5.87. The van der Waals surface area contributed by atoms with Gasteiger partial charge in [0.05, 0.1) is 7.11 Å². The number of piperazine rings is 1. The van der Waals surface area contributed by atoms with Crippen LogP contribution in [0.4, 0.5) is 5.69 Å². The SMILES string of the molecule is COC(=O)[C@@H](C)NS(=O)(=O)N1CCN(c2ccc(Cl)cc2)CC1. The fraction of sp³-hybridized carbons (Fsp3) is 0.500. The summed E-state index contributed by atoms with van der Waals surface area (Å²) in [5.74, 6) is -0.617. The van der Waals surface area contributed by atoms with Crippen molar-refractivity contribution >= 4 is 33.5 Å². The molecule has 1 aromatic rings. The van der Waals surface area contributed by atoms with E-state index in [1.165, 1.54) is 18.3 Å². The van der Waals surface area contributed by atoms with E-state index in [9.17, 15) is 13.2 Å². The van der Waals surface area contributed by atoms with Gasteiger partial charge in [0.25, 0.3) is 10.2 Å². The Balaban J connectivity index is 1.95. The minimum absolute atomic E-state index is 0.339. The Hall–Kier alpha value is -1.35. The lowest BCUT2D eigenvalue weighted by Crippen LogP contribution is -2.54. The Kier molecular flexibility index (Phi) is 5.85. The smallest absolute Gasteiger partial charge is 0.323 e. The van der Waals surface area contributed by atoms with E-state index < -0.39 is 22.2 Å². The Bertz CT molecular complexity index is 642. The molecular weight excluding hydrogens is 342 g/mol. The van der Waals surface area contributed by atoms with Crippen LogP contribution in [-0.4, -0.2) is 58.0 Å². The van der Waals surface area contributed by atoms with Crippen molar-refractivity contribution in [3.05, 3.63) is 29.3 Å².